The van der Waals surface area contributed by atoms with Crippen molar-refractivity contribution in [3.05, 3.63) is 11.3 Å². The molecule has 0 aliphatic carbocycles. The van der Waals surface area contributed by atoms with Gasteiger partial charge in [0.15, 0.2) is 0 Å². The Bertz CT molecular complexity index is 377. The monoisotopic (exact) mass is 237 g/mol. The van der Waals surface area contributed by atoms with Crippen LogP contribution in [0, 0.1) is 0 Å². The van der Waals surface area contributed by atoms with Gasteiger partial charge in [-0.1, -0.05) is 0 Å². The van der Waals surface area contributed by atoms with Crippen molar-refractivity contribution in [1.29, 1.82) is 0 Å². The lowest BCUT2D eigenvalue weighted by molar-refractivity contribution is -0.139. The van der Waals surface area contributed by atoms with Gasteiger partial charge in [-0.2, -0.15) is 0 Å². The number of carbonyl (C=O) groups is 1. The Hall–Kier alpha value is -1.03. The van der Waals surface area contributed by atoms with Gasteiger partial charge in [0.2, 0.25) is 0 Å². The summed E-state index contributed by atoms with van der Waals surface area (Å²) < 4.78 is 5.07. The van der Waals surface area contributed by atoms with E-state index in [0.29, 0.717) is 30.7 Å². The number of rotatable bonds is 2. The second kappa shape index (κ2) is 4.02. The van der Waals surface area contributed by atoms with Gasteiger partial charge in [0.25, 0.3) is 0 Å². The molecule has 0 aromatic rings. The summed E-state index contributed by atoms with van der Waals surface area (Å²) in [6.07, 6.45) is 5.13. The number of nitrogens with zero attached hydrogens (tertiary/aromatic N) is 1. The first-order valence-electron chi connectivity index (χ1n) is 6.59. The van der Waals surface area contributed by atoms with Crippen LogP contribution < -0.4 is 0 Å². The van der Waals surface area contributed by atoms with E-state index in [-0.39, 0.29) is 17.8 Å². The maximum Gasteiger partial charge on any atom is 0.339 e. The summed E-state index contributed by atoms with van der Waals surface area (Å²) in [5, 5.41) is 10.1. The van der Waals surface area contributed by atoms with Crippen LogP contribution in [0.3, 0.4) is 0 Å². The molecule has 3 heterocycles. The summed E-state index contributed by atoms with van der Waals surface area (Å²) in [7, 11) is 0. The lowest BCUT2D eigenvalue weighted by atomic mass is 9.93. The Balaban J connectivity index is 1.91. The first-order chi connectivity index (χ1) is 8.22. The topological polar surface area (TPSA) is 49.8 Å². The maximum absolute atomic E-state index is 11.9. The third-order valence-electron chi connectivity index (χ3n) is 4.38. The summed E-state index contributed by atoms with van der Waals surface area (Å²) in [5.74, 6) is -0.0433. The third-order valence-corrected chi connectivity index (χ3v) is 4.38. The van der Waals surface area contributed by atoms with E-state index in [4.69, 9.17) is 4.74 Å². The Morgan fingerprint density at radius 2 is 2.06 bits per heavy atom. The van der Waals surface area contributed by atoms with Crippen molar-refractivity contribution >= 4 is 5.97 Å². The van der Waals surface area contributed by atoms with Gasteiger partial charge in [-0.15, -0.1) is 0 Å². The van der Waals surface area contributed by atoms with Gasteiger partial charge in [0, 0.05) is 24.5 Å². The highest BCUT2D eigenvalue weighted by molar-refractivity contribution is 5.90. The van der Waals surface area contributed by atoms with Gasteiger partial charge in [-0.25, -0.2) is 4.79 Å². The molecule has 2 saturated heterocycles. The summed E-state index contributed by atoms with van der Waals surface area (Å²) in [4.78, 5) is 14.4. The molecule has 0 aromatic carbocycles. The number of hydrogen-bond donors (Lipinski definition) is 1. The van der Waals surface area contributed by atoms with Crippen LogP contribution in [0.5, 0.6) is 0 Å². The van der Waals surface area contributed by atoms with Crippen LogP contribution in [0.1, 0.15) is 39.0 Å². The molecule has 3 rings (SSSR count). The molecule has 0 unspecified atom stereocenters. The Labute approximate surface area is 101 Å². The molecule has 0 amide bonds. The van der Waals surface area contributed by atoms with E-state index in [1.807, 2.05) is 0 Å². The second-order valence-corrected chi connectivity index (χ2v) is 5.21. The molecule has 0 bridgehead atoms. The Morgan fingerprint density at radius 1 is 1.35 bits per heavy atom. The molecule has 3 atom stereocenters. The fourth-order valence-corrected chi connectivity index (χ4v) is 3.77. The number of ether oxygens (including phenoxy) is 1. The van der Waals surface area contributed by atoms with Gasteiger partial charge in [-0.3, -0.25) is 4.90 Å². The van der Waals surface area contributed by atoms with Crippen LogP contribution in [-0.2, 0) is 9.53 Å². The zero-order valence-electron chi connectivity index (χ0n) is 10.2. The summed E-state index contributed by atoms with van der Waals surface area (Å²) in [6.45, 7) is 2.17. The van der Waals surface area contributed by atoms with Crippen molar-refractivity contribution in [2.75, 3.05) is 6.61 Å². The average molecular weight is 237 g/mol. The highest BCUT2D eigenvalue weighted by Crippen LogP contribution is 2.45. The minimum Gasteiger partial charge on any atom is -0.512 e. The summed E-state index contributed by atoms with van der Waals surface area (Å²) in [5.41, 5.74) is 0.535. The summed E-state index contributed by atoms with van der Waals surface area (Å²) >= 11 is 0. The maximum atomic E-state index is 11.9. The number of esters is 1. The third kappa shape index (κ3) is 1.58. The van der Waals surface area contributed by atoms with Gasteiger partial charge in [0.1, 0.15) is 5.76 Å². The zero-order chi connectivity index (χ0) is 12.0. The highest BCUT2D eigenvalue weighted by atomic mass is 16.5. The Kier molecular flexibility index (Phi) is 2.62. The van der Waals surface area contributed by atoms with Gasteiger partial charge < -0.3 is 9.84 Å². The normalized spacial score (nSPS) is 36.2. The van der Waals surface area contributed by atoms with E-state index in [1.165, 1.54) is 6.42 Å². The molecule has 4 nitrogen and oxygen atoms in total. The van der Waals surface area contributed by atoms with Crippen molar-refractivity contribution in [3.8, 4) is 0 Å². The fourth-order valence-electron chi connectivity index (χ4n) is 3.77. The standard InChI is InChI=1S/C13H19NO3/c1-2-17-13(16)12-10-6-5-8-3-4-9(14(8)10)7-11(12)15/h8-10,15H,2-7H2,1H3/t8-,9+,10+/m0/s1. The van der Waals surface area contributed by atoms with Crippen molar-refractivity contribution in [1.82, 2.24) is 4.90 Å². The molecule has 3 aliphatic heterocycles. The van der Waals surface area contributed by atoms with Crippen LogP contribution in [0.15, 0.2) is 11.3 Å². The van der Waals surface area contributed by atoms with Gasteiger partial charge >= 0.3 is 5.97 Å². The van der Waals surface area contributed by atoms with Crippen molar-refractivity contribution in [2.45, 2.75) is 57.2 Å². The van der Waals surface area contributed by atoms with E-state index in [0.717, 1.165) is 19.3 Å². The number of hydrogen-bond acceptors (Lipinski definition) is 4. The van der Waals surface area contributed by atoms with Crippen LogP contribution in [0.2, 0.25) is 0 Å². The second-order valence-electron chi connectivity index (χ2n) is 5.21. The molecule has 0 radical (unpaired) electrons. The van der Waals surface area contributed by atoms with Crippen LogP contribution in [0.25, 0.3) is 0 Å². The molecular formula is C13H19NO3. The van der Waals surface area contributed by atoms with E-state index >= 15 is 0 Å². The molecule has 0 spiro atoms. The molecule has 4 heteroatoms. The Morgan fingerprint density at radius 3 is 2.82 bits per heavy atom. The van der Waals surface area contributed by atoms with E-state index < -0.39 is 0 Å². The molecule has 2 fully saturated rings. The average Bonchev–Trinajstić information content (AvgIpc) is 2.86. The molecule has 3 aliphatic rings. The largest absolute Gasteiger partial charge is 0.512 e. The molecule has 0 aromatic heterocycles. The van der Waals surface area contributed by atoms with Crippen molar-refractivity contribution in [2.24, 2.45) is 0 Å². The van der Waals surface area contributed by atoms with Crippen LogP contribution in [0.4, 0.5) is 0 Å². The SMILES string of the molecule is CCOC(=O)C1=C(O)C[C@H]2CC[C@H]3CC[C@H]1N32. The van der Waals surface area contributed by atoms with Crippen molar-refractivity contribution < 1.29 is 14.6 Å². The van der Waals surface area contributed by atoms with E-state index in [1.54, 1.807) is 6.92 Å². The lowest BCUT2D eigenvalue weighted by Crippen LogP contribution is -2.45. The van der Waals surface area contributed by atoms with E-state index in [9.17, 15) is 9.90 Å². The van der Waals surface area contributed by atoms with E-state index in [2.05, 4.69) is 4.90 Å². The zero-order valence-corrected chi connectivity index (χ0v) is 10.2. The number of aliphatic hydroxyl groups excluding tert-OH is 1. The van der Waals surface area contributed by atoms with Gasteiger partial charge in [0.05, 0.1) is 12.2 Å². The molecule has 17 heavy (non-hydrogen) atoms. The molecule has 94 valence electrons. The predicted octanol–water partition coefficient (Wildman–Crippen LogP) is 1.76. The quantitative estimate of drug-likeness (QED) is 0.743. The fraction of sp³-hybridized carbons (Fsp3) is 0.769. The first kappa shape index (κ1) is 11.1. The molecule has 1 N–H and O–H groups in total. The minimum absolute atomic E-state index is 0.111. The number of aliphatic hydroxyl groups is 1. The highest BCUT2D eigenvalue weighted by Gasteiger charge is 2.49. The first-order valence-corrected chi connectivity index (χ1v) is 6.59. The van der Waals surface area contributed by atoms with Crippen LogP contribution >= 0.6 is 0 Å². The summed E-state index contributed by atoms with van der Waals surface area (Å²) in [6, 6.07) is 1.19. The van der Waals surface area contributed by atoms with Gasteiger partial charge in [-0.05, 0) is 32.6 Å². The predicted molar refractivity (Wildman–Crippen MR) is 62.6 cm³/mol. The molecular weight excluding hydrogens is 218 g/mol. The number of carbonyl (C=O) groups excluding carboxylic acids is 1. The van der Waals surface area contributed by atoms with Crippen LogP contribution in [-0.4, -0.2) is 40.7 Å². The molecule has 0 saturated carbocycles. The lowest BCUT2D eigenvalue weighted by Gasteiger charge is -2.36. The minimum atomic E-state index is -0.319. The van der Waals surface area contributed by atoms with Crippen molar-refractivity contribution in [3.63, 3.8) is 0 Å². The smallest absolute Gasteiger partial charge is 0.339 e.